The molecule has 1 aromatic carbocycles. The Morgan fingerprint density at radius 2 is 2.10 bits per heavy atom. The molecule has 1 aromatic rings. The standard InChI is InChI=1S/C17H27N3O/c1-2-3-11-20(15-8-9-15)12-10-17(21)19-16-7-5-4-6-14(16)13-18/h4-7,15H,2-3,8-13,18H2,1H3,(H,19,21). The van der Waals surface area contributed by atoms with Crippen LogP contribution in [0.5, 0.6) is 0 Å². The highest BCUT2D eigenvalue weighted by atomic mass is 16.1. The Morgan fingerprint density at radius 1 is 1.33 bits per heavy atom. The number of hydrogen-bond acceptors (Lipinski definition) is 3. The molecule has 1 amide bonds. The monoisotopic (exact) mass is 289 g/mol. The van der Waals surface area contributed by atoms with Crippen LogP contribution >= 0.6 is 0 Å². The fourth-order valence-electron chi connectivity index (χ4n) is 2.56. The third-order valence-corrected chi connectivity index (χ3v) is 4.00. The van der Waals surface area contributed by atoms with E-state index in [0.717, 1.165) is 30.4 Å². The average molecular weight is 289 g/mol. The molecule has 0 aromatic heterocycles. The highest BCUT2D eigenvalue weighted by molar-refractivity contribution is 5.91. The number of unbranched alkanes of at least 4 members (excludes halogenated alkanes) is 1. The Balaban J connectivity index is 1.80. The quantitative estimate of drug-likeness (QED) is 0.735. The van der Waals surface area contributed by atoms with Crippen LogP contribution in [-0.4, -0.2) is 29.9 Å². The summed E-state index contributed by atoms with van der Waals surface area (Å²) in [5.74, 6) is 0.0815. The minimum absolute atomic E-state index is 0.0815. The van der Waals surface area contributed by atoms with Crippen LogP contribution in [-0.2, 0) is 11.3 Å². The molecule has 2 rings (SSSR count). The summed E-state index contributed by atoms with van der Waals surface area (Å²) < 4.78 is 0. The van der Waals surface area contributed by atoms with Crippen molar-refractivity contribution in [2.75, 3.05) is 18.4 Å². The van der Waals surface area contributed by atoms with Crippen molar-refractivity contribution >= 4 is 11.6 Å². The zero-order valence-electron chi connectivity index (χ0n) is 13.0. The van der Waals surface area contributed by atoms with Crippen molar-refractivity contribution in [3.8, 4) is 0 Å². The van der Waals surface area contributed by atoms with E-state index >= 15 is 0 Å². The van der Waals surface area contributed by atoms with Gasteiger partial charge in [-0.15, -0.1) is 0 Å². The SMILES string of the molecule is CCCCN(CCC(=O)Nc1ccccc1CN)C1CC1. The number of nitrogens with zero attached hydrogens (tertiary/aromatic N) is 1. The second kappa shape index (κ2) is 8.15. The molecule has 4 nitrogen and oxygen atoms in total. The van der Waals surface area contributed by atoms with Gasteiger partial charge in [-0.3, -0.25) is 9.69 Å². The predicted molar refractivity (Wildman–Crippen MR) is 87.1 cm³/mol. The van der Waals surface area contributed by atoms with Gasteiger partial charge in [-0.2, -0.15) is 0 Å². The van der Waals surface area contributed by atoms with Crippen molar-refractivity contribution in [2.24, 2.45) is 5.73 Å². The molecule has 0 atom stereocenters. The summed E-state index contributed by atoms with van der Waals surface area (Å²) in [6.07, 6.45) is 5.56. The highest BCUT2D eigenvalue weighted by Gasteiger charge is 2.28. The number of carbonyl (C=O) groups is 1. The summed E-state index contributed by atoms with van der Waals surface area (Å²) in [5, 5.41) is 2.99. The highest BCUT2D eigenvalue weighted by Crippen LogP contribution is 2.27. The summed E-state index contributed by atoms with van der Waals surface area (Å²) in [5.41, 5.74) is 7.52. The van der Waals surface area contributed by atoms with Gasteiger partial charge in [0.2, 0.25) is 5.91 Å². The van der Waals surface area contributed by atoms with Crippen LogP contribution in [0.1, 0.15) is 44.6 Å². The van der Waals surface area contributed by atoms with Gasteiger partial charge < -0.3 is 11.1 Å². The first kappa shape index (κ1) is 16.0. The van der Waals surface area contributed by atoms with Crippen LogP contribution in [0.15, 0.2) is 24.3 Å². The van der Waals surface area contributed by atoms with E-state index in [4.69, 9.17) is 5.73 Å². The maximum Gasteiger partial charge on any atom is 0.225 e. The van der Waals surface area contributed by atoms with Gasteiger partial charge >= 0.3 is 0 Å². The second-order valence-electron chi connectivity index (χ2n) is 5.78. The van der Waals surface area contributed by atoms with E-state index in [2.05, 4.69) is 17.1 Å². The first-order valence-corrected chi connectivity index (χ1v) is 8.06. The molecule has 0 saturated heterocycles. The number of benzene rings is 1. The molecule has 1 aliphatic rings. The molecule has 116 valence electrons. The lowest BCUT2D eigenvalue weighted by Crippen LogP contribution is -2.31. The Kier molecular flexibility index (Phi) is 6.21. The smallest absolute Gasteiger partial charge is 0.225 e. The normalized spacial score (nSPS) is 14.4. The van der Waals surface area contributed by atoms with Crippen molar-refractivity contribution in [2.45, 2.75) is 51.6 Å². The summed E-state index contributed by atoms with van der Waals surface area (Å²) >= 11 is 0. The zero-order valence-corrected chi connectivity index (χ0v) is 13.0. The van der Waals surface area contributed by atoms with E-state index in [1.54, 1.807) is 0 Å². The molecule has 1 fully saturated rings. The molecule has 3 N–H and O–H groups in total. The number of anilines is 1. The number of hydrogen-bond donors (Lipinski definition) is 2. The number of nitrogens with two attached hydrogens (primary N) is 1. The zero-order chi connectivity index (χ0) is 15.1. The van der Waals surface area contributed by atoms with E-state index in [-0.39, 0.29) is 5.91 Å². The lowest BCUT2D eigenvalue weighted by atomic mass is 10.1. The number of nitrogens with one attached hydrogen (secondary N) is 1. The first-order valence-electron chi connectivity index (χ1n) is 8.06. The molecule has 0 heterocycles. The molecule has 0 bridgehead atoms. The lowest BCUT2D eigenvalue weighted by Gasteiger charge is -2.21. The number of carbonyl (C=O) groups excluding carboxylic acids is 1. The molecule has 21 heavy (non-hydrogen) atoms. The largest absolute Gasteiger partial charge is 0.326 e. The van der Waals surface area contributed by atoms with Gasteiger partial charge in [-0.1, -0.05) is 31.5 Å². The van der Waals surface area contributed by atoms with Gasteiger partial charge in [-0.25, -0.2) is 0 Å². The molecule has 0 radical (unpaired) electrons. The van der Waals surface area contributed by atoms with Crippen molar-refractivity contribution < 1.29 is 4.79 Å². The van der Waals surface area contributed by atoms with Crippen LogP contribution in [0, 0.1) is 0 Å². The molecular formula is C17H27N3O. The predicted octanol–water partition coefficient (Wildman–Crippen LogP) is 2.74. The van der Waals surface area contributed by atoms with Crippen LogP contribution in [0.3, 0.4) is 0 Å². The van der Waals surface area contributed by atoms with Gasteiger partial charge in [0.05, 0.1) is 0 Å². The maximum atomic E-state index is 12.1. The van der Waals surface area contributed by atoms with Crippen LogP contribution in [0.4, 0.5) is 5.69 Å². The Hall–Kier alpha value is -1.39. The van der Waals surface area contributed by atoms with Gasteiger partial charge in [0.15, 0.2) is 0 Å². The fourth-order valence-corrected chi connectivity index (χ4v) is 2.56. The summed E-state index contributed by atoms with van der Waals surface area (Å²) in [7, 11) is 0. The number of amides is 1. The Bertz CT molecular complexity index is 457. The average Bonchev–Trinajstić information content (AvgIpc) is 3.32. The van der Waals surface area contributed by atoms with E-state index in [1.807, 2.05) is 24.3 Å². The minimum atomic E-state index is 0.0815. The van der Waals surface area contributed by atoms with Crippen LogP contribution in [0.25, 0.3) is 0 Å². The summed E-state index contributed by atoms with van der Waals surface area (Å²) in [6.45, 7) is 4.64. The summed E-state index contributed by atoms with van der Waals surface area (Å²) in [4.78, 5) is 14.6. The van der Waals surface area contributed by atoms with Crippen molar-refractivity contribution in [1.29, 1.82) is 0 Å². The van der Waals surface area contributed by atoms with Gasteiger partial charge in [0, 0.05) is 31.2 Å². The van der Waals surface area contributed by atoms with Crippen molar-refractivity contribution in [3.05, 3.63) is 29.8 Å². The third kappa shape index (κ3) is 5.14. The molecule has 0 spiro atoms. The van der Waals surface area contributed by atoms with E-state index < -0.39 is 0 Å². The van der Waals surface area contributed by atoms with E-state index in [0.29, 0.717) is 13.0 Å². The van der Waals surface area contributed by atoms with Crippen molar-refractivity contribution in [1.82, 2.24) is 4.90 Å². The summed E-state index contributed by atoms with van der Waals surface area (Å²) in [6, 6.07) is 8.45. The van der Waals surface area contributed by atoms with Gasteiger partial charge in [0.1, 0.15) is 0 Å². The second-order valence-corrected chi connectivity index (χ2v) is 5.78. The van der Waals surface area contributed by atoms with Gasteiger partial charge in [-0.05, 0) is 37.4 Å². The third-order valence-electron chi connectivity index (χ3n) is 4.00. The number of rotatable bonds is 9. The van der Waals surface area contributed by atoms with Crippen LogP contribution in [0.2, 0.25) is 0 Å². The van der Waals surface area contributed by atoms with E-state index in [9.17, 15) is 4.79 Å². The maximum absolute atomic E-state index is 12.1. The molecule has 4 heteroatoms. The topological polar surface area (TPSA) is 58.4 Å². The minimum Gasteiger partial charge on any atom is -0.326 e. The molecule has 1 aliphatic carbocycles. The Morgan fingerprint density at radius 3 is 2.76 bits per heavy atom. The molecule has 1 saturated carbocycles. The molecule has 0 aliphatic heterocycles. The Labute approximate surface area is 127 Å². The first-order chi connectivity index (χ1) is 10.2. The number of para-hydroxylation sites is 1. The van der Waals surface area contributed by atoms with E-state index in [1.165, 1.54) is 25.7 Å². The van der Waals surface area contributed by atoms with Crippen LogP contribution < -0.4 is 11.1 Å². The van der Waals surface area contributed by atoms with Crippen molar-refractivity contribution in [3.63, 3.8) is 0 Å². The lowest BCUT2D eigenvalue weighted by molar-refractivity contribution is -0.116. The molecule has 0 unspecified atom stereocenters. The fraction of sp³-hybridized carbons (Fsp3) is 0.588. The molecular weight excluding hydrogens is 262 g/mol. The van der Waals surface area contributed by atoms with Gasteiger partial charge in [0.25, 0.3) is 0 Å².